The van der Waals surface area contributed by atoms with Gasteiger partial charge in [0.1, 0.15) is 0 Å². The first kappa shape index (κ1) is 9.86. The lowest BCUT2D eigenvalue weighted by atomic mass is 9.88. The third-order valence-electron chi connectivity index (χ3n) is 3.20. The third-order valence-corrected chi connectivity index (χ3v) is 3.53. The fourth-order valence-corrected chi connectivity index (χ4v) is 2.61. The van der Waals surface area contributed by atoms with E-state index in [1.54, 1.807) is 0 Å². The Hall–Kier alpha value is -1.34. The number of Topliss-reactive ketones (excluding diaryl/α,β-unsaturated/α-hetero) is 1. The first-order valence-electron chi connectivity index (χ1n) is 5.50. The summed E-state index contributed by atoms with van der Waals surface area (Å²) in [5, 5.41) is 2.87. The molecule has 0 amide bonds. The van der Waals surface area contributed by atoms with E-state index < -0.39 is 0 Å². The summed E-state index contributed by atoms with van der Waals surface area (Å²) in [7, 11) is 0. The molecule has 0 saturated carbocycles. The van der Waals surface area contributed by atoms with E-state index >= 15 is 0 Å². The van der Waals surface area contributed by atoms with E-state index in [0.717, 1.165) is 39.8 Å². The summed E-state index contributed by atoms with van der Waals surface area (Å²) in [5.41, 5.74) is 2.04. The van der Waals surface area contributed by atoms with Gasteiger partial charge in [0.05, 0.1) is 0 Å². The van der Waals surface area contributed by atoms with Gasteiger partial charge in [0, 0.05) is 22.4 Å². The second kappa shape index (κ2) is 3.60. The van der Waals surface area contributed by atoms with Gasteiger partial charge in [-0.2, -0.15) is 0 Å². The number of halogens is 1. The molecule has 2 aromatic rings. The predicted molar refractivity (Wildman–Crippen MR) is 66.2 cm³/mol. The number of hydrogen-bond acceptors (Lipinski definition) is 1. The summed E-state index contributed by atoms with van der Waals surface area (Å²) >= 11 is 6.15. The van der Waals surface area contributed by atoms with Gasteiger partial charge in [-0.05, 0) is 42.0 Å². The molecule has 0 bridgehead atoms. The van der Waals surface area contributed by atoms with Crippen LogP contribution in [-0.4, -0.2) is 5.78 Å². The van der Waals surface area contributed by atoms with E-state index in [9.17, 15) is 4.79 Å². The summed E-state index contributed by atoms with van der Waals surface area (Å²) in [6, 6.07) is 9.87. The number of carbonyl (C=O) groups excluding carboxylic acids is 1. The Morgan fingerprint density at radius 3 is 2.88 bits per heavy atom. The molecule has 1 aliphatic rings. The Labute approximate surface area is 99.0 Å². The summed E-state index contributed by atoms with van der Waals surface area (Å²) in [5.74, 6) is 0.267. The smallest absolute Gasteiger partial charge is 0.163 e. The maximum atomic E-state index is 11.8. The van der Waals surface area contributed by atoms with Crippen molar-refractivity contribution in [3.63, 3.8) is 0 Å². The highest BCUT2D eigenvalue weighted by atomic mass is 35.5. The van der Waals surface area contributed by atoms with E-state index in [0.29, 0.717) is 6.42 Å². The average Bonchev–Trinajstić information content (AvgIpc) is 2.29. The molecular formula is C14H11ClO. The van der Waals surface area contributed by atoms with Crippen molar-refractivity contribution in [1.29, 1.82) is 0 Å². The zero-order chi connectivity index (χ0) is 11.1. The summed E-state index contributed by atoms with van der Waals surface area (Å²) in [6.45, 7) is 0. The predicted octanol–water partition coefficient (Wildman–Crippen LogP) is 4.01. The van der Waals surface area contributed by atoms with Crippen molar-refractivity contribution >= 4 is 28.2 Å². The molecule has 3 rings (SSSR count). The summed E-state index contributed by atoms with van der Waals surface area (Å²) in [6.07, 6.45) is 2.63. The average molecular weight is 231 g/mol. The van der Waals surface area contributed by atoms with Crippen LogP contribution in [0.25, 0.3) is 10.8 Å². The van der Waals surface area contributed by atoms with Crippen LogP contribution in [0.2, 0.25) is 5.02 Å². The molecule has 0 radical (unpaired) electrons. The minimum Gasteiger partial charge on any atom is -0.294 e. The molecule has 1 nitrogen and oxygen atoms in total. The van der Waals surface area contributed by atoms with Gasteiger partial charge in [0.15, 0.2) is 5.78 Å². The Kier molecular flexibility index (Phi) is 2.22. The minimum absolute atomic E-state index is 0.267. The molecule has 0 fully saturated rings. The first-order valence-corrected chi connectivity index (χ1v) is 5.88. The van der Waals surface area contributed by atoms with Gasteiger partial charge in [-0.3, -0.25) is 4.79 Å². The van der Waals surface area contributed by atoms with Gasteiger partial charge in [-0.15, -0.1) is 0 Å². The monoisotopic (exact) mass is 230 g/mol. The van der Waals surface area contributed by atoms with Crippen molar-refractivity contribution < 1.29 is 4.79 Å². The van der Waals surface area contributed by atoms with E-state index in [1.165, 1.54) is 0 Å². The largest absolute Gasteiger partial charge is 0.294 e. The molecule has 0 N–H and O–H groups in total. The molecule has 0 aliphatic heterocycles. The highest BCUT2D eigenvalue weighted by Crippen LogP contribution is 2.30. The van der Waals surface area contributed by atoms with Crippen LogP contribution in [0.5, 0.6) is 0 Å². The maximum Gasteiger partial charge on any atom is 0.163 e. The zero-order valence-corrected chi connectivity index (χ0v) is 9.55. The molecule has 80 valence electrons. The van der Waals surface area contributed by atoms with Crippen LogP contribution in [0.15, 0.2) is 30.3 Å². The van der Waals surface area contributed by atoms with E-state index in [1.807, 2.05) is 24.3 Å². The molecule has 0 atom stereocenters. The van der Waals surface area contributed by atoms with Gasteiger partial charge in [-0.25, -0.2) is 0 Å². The Balaban J connectivity index is 2.34. The number of aryl methyl sites for hydroxylation is 1. The van der Waals surface area contributed by atoms with Crippen molar-refractivity contribution in [3.05, 3.63) is 46.5 Å². The quantitative estimate of drug-likeness (QED) is 0.668. The van der Waals surface area contributed by atoms with E-state index in [2.05, 4.69) is 6.07 Å². The normalized spacial score (nSPS) is 15.2. The third kappa shape index (κ3) is 1.43. The molecule has 1 aliphatic carbocycles. The van der Waals surface area contributed by atoms with E-state index in [4.69, 9.17) is 11.6 Å². The lowest BCUT2D eigenvalue weighted by Crippen LogP contribution is -2.10. The second-order valence-corrected chi connectivity index (χ2v) is 4.65. The number of fused-ring (bicyclic) bond motifs is 2. The molecule has 0 aromatic heterocycles. The molecular weight excluding hydrogens is 220 g/mol. The van der Waals surface area contributed by atoms with Crippen molar-refractivity contribution in [3.8, 4) is 0 Å². The van der Waals surface area contributed by atoms with Crippen LogP contribution in [-0.2, 0) is 6.42 Å². The van der Waals surface area contributed by atoms with Crippen LogP contribution in [0.4, 0.5) is 0 Å². The Bertz CT molecular complexity index is 587. The minimum atomic E-state index is 0.267. The van der Waals surface area contributed by atoms with Crippen LogP contribution in [0.1, 0.15) is 28.8 Å². The zero-order valence-electron chi connectivity index (χ0n) is 8.79. The maximum absolute atomic E-state index is 11.8. The van der Waals surface area contributed by atoms with Crippen molar-refractivity contribution in [2.45, 2.75) is 19.3 Å². The standard InChI is InChI=1S/C14H11ClO/c15-13-5-1-3-9-8-12-10(7-11(9)13)4-2-6-14(12)16/h1,3,5,7-8H,2,4,6H2. The van der Waals surface area contributed by atoms with Crippen LogP contribution >= 0.6 is 11.6 Å². The molecule has 0 heterocycles. The number of rotatable bonds is 0. The van der Waals surface area contributed by atoms with Crippen LogP contribution in [0, 0.1) is 0 Å². The highest BCUT2D eigenvalue weighted by Gasteiger charge is 2.17. The Morgan fingerprint density at radius 1 is 1.12 bits per heavy atom. The SMILES string of the molecule is O=C1CCCc2cc3c(Cl)cccc3cc21. The highest BCUT2D eigenvalue weighted by molar-refractivity contribution is 6.35. The Morgan fingerprint density at radius 2 is 2.00 bits per heavy atom. The van der Waals surface area contributed by atoms with Gasteiger partial charge in [0.2, 0.25) is 0 Å². The van der Waals surface area contributed by atoms with Crippen molar-refractivity contribution in [2.75, 3.05) is 0 Å². The number of benzene rings is 2. The van der Waals surface area contributed by atoms with Crippen LogP contribution in [0.3, 0.4) is 0 Å². The molecule has 16 heavy (non-hydrogen) atoms. The topological polar surface area (TPSA) is 17.1 Å². The molecule has 0 saturated heterocycles. The second-order valence-electron chi connectivity index (χ2n) is 4.25. The van der Waals surface area contributed by atoms with Gasteiger partial charge in [-0.1, -0.05) is 23.7 Å². The fourth-order valence-electron chi connectivity index (χ4n) is 2.37. The number of carbonyl (C=O) groups is 1. The van der Waals surface area contributed by atoms with Crippen molar-refractivity contribution in [1.82, 2.24) is 0 Å². The van der Waals surface area contributed by atoms with Crippen molar-refractivity contribution in [2.24, 2.45) is 0 Å². The van der Waals surface area contributed by atoms with Gasteiger partial charge < -0.3 is 0 Å². The summed E-state index contributed by atoms with van der Waals surface area (Å²) in [4.78, 5) is 11.8. The fraction of sp³-hybridized carbons (Fsp3) is 0.214. The lowest BCUT2D eigenvalue weighted by Gasteiger charge is -2.15. The number of hydrogen-bond donors (Lipinski definition) is 0. The van der Waals surface area contributed by atoms with Gasteiger partial charge in [0.25, 0.3) is 0 Å². The van der Waals surface area contributed by atoms with Crippen LogP contribution < -0.4 is 0 Å². The molecule has 0 unspecified atom stereocenters. The number of ketones is 1. The molecule has 2 heteroatoms. The molecule has 0 spiro atoms. The van der Waals surface area contributed by atoms with Gasteiger partial charge >= 0.3 is 0 Å². The lowest BCUT2D eigenvalue weighted by molar-refractivity contribution is 0.0972. The molecule has 2 aromatic carbocycles. The summed E-state index contributed by atoms with van der Waals surface area (Å²) < 4.78 is 0. The van der Waals surface area contributed by atoms with E-state index in [-0.39, 0.29) is 5.78 Å². The first-order chi connectivity index (χ1) is 7.75.